The van der Waals surface area contributed by atoms with E-state index in [-0.39, 0.29) is 5.82 Å². The molecular weight excluding hydrogens is 331 g/mol. The van der Waals surface area contributed by atoms with Crippen molar-refractivity contribution in [2.45, 2.75) is 38.1 Å². The summed E-state index contributed by atoms with van der Waals surface area (Å²) in [6.07, 6.45) is 8.34. The molecule has 5 nitrogen and oxygen atoms in total. The number of benzene rings is 1. The van der Waals surface area contributed by atoms with Gasteiger partial charge in [0.05, 0.1) is 13.2 Å². The lowest BCUT2D eigenvalue weighted by Gasteiger charge is -2.28. The zero-order valence-corrected chi connectivity index (χ0v) is 15.1. The van der Waals surface area contributed by atoms with Gasteiger partial charge in [-0.15, -0.1) is 0 Å². The van der Waals surface area contributed by atoms with Crippen LogP contribution in [0.3, 0.4) is 0 Å². The molecule has 0 atom stereocenters. The number of hydrogen-bond acceptors (Lipinski definition) is 5. The predicted octanol–water partition coefficient (Wildman–Crippen LogP) is 3.88. The Morgan fingerprint density at radius 2 is 1.73 bits per heavy atom. The molecule has 1 aliphatic carbocycles. The molecule has 1 N–H and O–H groups in total. The molecule has 2 fully saturated rings. The van der Waals surface area contributed by atoms with E-state index >= 15 is 0 Å². The van der Waals surface area contributed by atoms with Crippen molar-refractivity contribution in [1.29, 1.82) is 0 Å². The molecule has 26 heavy (non-hydrogen) atoms. The molecule has 2 heterocycles. The van der Waals surface area contributed by atoms with E-state index in [4.69, 9.17) is 4.74 Å². The molecule has 6 heteroatoms. The van der Waals surface area contributed by atoms with E-state index in [1.165, 1.54) is 44.2 Å². The van der Waals surface area contributed by atoms with E-state index in [1.807, 2.05) is 12.3 Å². The maximum absolute atomic E-state index is 11.9. The van der Waals surface area contributed by atoms with Gasteiger partial charge in [0.25, 0.3) is 0 Å². The van der Waals surface area contributed by atoms with Crippen LogP contribution in [-0.2, 0) is 4.74 Å². The van der Waals surface area contributed by atoms with Crippen LogP contribution in [0.1, 0.15) is 32.1 Å². The van der Waals surface area contributed by atoms with Crippen LogP contribution < -0.4 is 10.2 Å². The lowest BCUT2D eigenvalue weighted by molar-refractivity contribution is 0.122. The number of hydrogen-bond donors (Lipinski definition) is 1. The summed E-state index contributed by atoms with van der Waals surface area (Å²) in [5, 5.41) is 3.48. The average molecular weight is 358 g/mol. The lowest BCUT2D eigenvalue weighted by Crippen LogP contribution is -2.37. The Balaban J connectivity index is 0.000000236. The third-order valence-electron chi connectivity index (χ3n) is 4.65. The van der Waals surface area contributed by atoms with Crippen molar-refractivity contribution in [3.63, 3.8) is 0 Å². The molecule has 1 saturated heterocycles. The summed E-state index contributed by atoms with van der Waals surface area (Å²) in [5.41, 5.74) is 0. The fourth-order valence-electron chi connectivity index (χ4n) is 3.23. The fourth-order valence-corrected chi connectivity index (χ4v) is 3.23. The maximum atomic E-state index is 11.9. The molecule has 1 aromatic carbocycles. The van der Waals surface area contributed by atoms with E-state index in [0.717, 1.165) is 38.1 Å². The van der Waals surface area contributed by atoms with Crippen LogP contribution >= 0.6 is 0 Å². The highest BCUT2D eigenvalue weighted by Crippen LogP contribution is 2.21. The van der Waals surface area contributed by atoms with E-state index < -0.39 is 0 Å². The number of halogens is 1. The molecule has 0 bridgehead atoms. The smallest absolute Gasteiger partial charge is 0.224 e. The zero-order chi connectivity index (χ0) is 18.0. The number of rotatable bonds is 3. The van der Waals surface area contributed by atoms with Crippen LogP contribution in [0.15, 0.2) is 42.6 Å². The second kappa shape index (κ2) is 10.1. The molecule has 4 rings (SSSR count). The van der Waals surface area contributed by atoms with Gasteiger partial charge in [-0.2, -0.15) is 4.98 Å². The highest BCUT2D eigenvalue weighted by Gasteiger charge is 2.16. The maximum Gasteiger partial charge on any atom is 0.224 e. The Bertz CT molecular complexity index is 643. The van der Waals surface area contributed by atoms with Crippen LogP contribution in [0.25, 0.3) is 0 Å². The van der Waals surface area contributed by atoms with Crippen LogP contribution in [0.2, 0.25) is 0 Å². The highest BCUT2D eigenvalue weighted by atomic mass is 19.1. The minimum Gasteiger partial charge on any atom is -0.378 e. The summed E-state index contributed by atoms with van der Waals surface area (Å²) in [4.78, 5) is 11.2. The van der Waals surface area contributed by atoms with Crippen LogP contribution in [-0.4, -0.2) is 42.3 Å². The molecule has 2 aliphatic rings. The second-order valence-corrected chi connectivity index (χ2v) is 6.61. The highest BCUT2D eigenvalue weighted by molar-refractivity contribution is 5.43. The van der Waals surface area contributed by atoms with Gasteiger partial charge in [-0.25, -0.2) is 9.37 Å². The Morgan fingerprint density at radius 3 is 2.38 bits per heavy atom. The van der Waals surface area contributed by atoms with Crippen molar-refractivity contribution in [3.05, 3.63) is 48.4 Å². The molecular formula is C20H27FN4O. The van der Waals surface area contributed by atoms with Gasteiger partial charge in [0.15, 0.2) is 0 Å². The number of nitrogens with zero attached hydrogens (tertiary/aromatic N) is 3. The Labute approximate surface area is 154 Å². The molecule has 140 valence electrons. The summed E-state index contributed by atoms with van der Waals surface area (Å²) < 4.78 is 17.3. The van der Waals surface area contributed by atoms with Crippen molar-refractivity contribution in [2.75, 3.05) is 36.5 Å². The molecule has 0 unspecified atom stereocenters. The first-order chi connectivity index (χ1) is 12.8. The Hall–Kier alpha value is -2.21. The van der Waals surface area contributed by atoms with Gasteiger partial charge >= 0.3 is 0 Å². The molecule has 1 saturated carbocycles. The summed E-state index contributed by atoms with van der Waals surface area (Å²) in [6.45, 7) is 3.41. The lowest BCUT2D eigenvalue weighted by atomic mass is 9.96. The van der Waals surface area contributed by atoms with Crippen LogP contribution in [0, 0.1) is 5.82 Å². The second-order valence-electron chi connectivity index (χ2n) is 6.61. The zero-order valence-electron chi connectivity index (χ0n) is 15.1. The quantitative estimate of drug-likeness (QED) is 0.902. The summed E-state index contributed by atoms with van der Waals surface area (Å²) in [6, 6.07) is 10.5. The number of ether oxygens (including phenoxy) is 1. The van der Waals surface area contributed by atoms with Gasteiger partial charge in [-0.3, -0.25) is 0 Å². The van der Waals surface area contributed by atoms with Gasteiger partial charge in [-0.1, -0.05) is 37.5 Å². The van der Waals surface area contributed by atoms with Crippen molar-refractivity contribution >= 4 is 11.8 Å². The normalized spacial score (nSPS) is 18.0. The predicted molar refractivity (Wildman–Crippen MR) is 102 cm³/mol. The number of anilines is 2. The van der Waals surface area contributed by atoms with E-state index in [0.29, 0.717) is 6.04 Å². The van der Waals surface area contributed by atoms with Crippen molar-refractivity contribution < 1.29 is 9.13 Å². The average Bonchev–Trinajstić information content (AvgIpc) is 2.71. The fraction of sp³-hybridized carbons (Fsp3) is 0.500. The van der Waals surface area contributed by atoms with E-state index in [2.05, 4.69) is 20.2 Å². The van der Waals surface area contributed by atoms with Crippen molar-refractivity contribution in [3.8, 4) is 0 Å². The first kappa shape index (κ1) is 18.6. The molecule has 0 spiro atoms. The van der Waals surface area contributed by atoms with Gasteiger partial charge in [0.1, 0.15) is 11.6 Å². The Kier molecular flexibility index (Phi) is 7.19. The number of nitrogens with one attached hydrogen (secondary N) is 1. The van der Waals surface area contributed by atoms with E-state index in [9.17, 15) is 4.39 Å². The van der Waals surface area contributed by atoms with Crippen molar-refractivity contribution in [2.24, 2.45) is 0 Å². The van der Waals surface area contributed by atoms with Gasteiger partial charge < -0.3 is 15.0 Å². The molecule has 1 aromatic heterocycles. The largest absolute Gasteiger partial charge is 0.378 e. The van der Waals surface area contributed by atoms with Crippen LogP contribution in [0.5, 0.6) is 0 Å². The number of morpholine rings is 1. The summed E-state index contributed by atoms with van der Waals surface area (Å²) in [7, 11) is 0. The van der Waals surface area contributed by atoms with Gasteiger partial charge in [0.2, 0.25) is 5.95 Å². The first-order valence-electron chi connectivity index (χ1n) is 9.44. The standard InChI is InChI=1S/C14H22N4O.C6H5F/c1-2-4-12(5-3-1)16-14-15-7-6-13(17-14)18-8-10-19-11-9-18;7-6-4-2-1-3-5-6/h6-7,12H,1-5,8-11H2,(H,15,16,17);1-5H. The van der Waals surface area contributed by atoms with Gasteiger partial charge in [0, 0.05) is 25.3 Å². The minimum atomic E-state index is -0.178. The third kappa shape index (κ3) is 5.95. The minimum absolute atomic E-state index is 0.178. The van der Waals surface area contributed by atoms with Crippen molar-refractivity contribution in [1.82, 2.24) is 9.97 Å². The molecule has 2 aromatic rings. The third-order valence-corrected chi connectivity index (χ3v) is 4.65. The Morgan fingerprint density at radius 1 is 1.00 bits per heavy atom. The SMILES string of the molecule is Fc1ccccc1.c1cc(N2CCOCC2)nc(NC2CCCCC2)n1. The molecule has 0 radical (unpaired) electrons. The molecule has 0 amide bonds. The molecule has 1 aliphatic heterocycles. The topological polar surface area (TPSA) is 50.3 Å². The first-order valence-corrected chi connectivity index (χ1v) is 9.44. The monoisotopic (exact) mass is 358 g/mol. The number of aromatic nitrogens is 2. The summed E-state index contributed by atoms with van der Waals surface area (Å²) in [5.74, 6) is 1.61. The van der Waals surface area contributed by atoms with Gasteiger partial charge in [-0.05, 0) is 31.0 Å². The van der Waals surface area contributed by atoms with Crippen LogP contribution in [0.4, 0.5) is 16.2 Å². The van der Waals surface area contributed by atoms with E-state index in [1.54, 1.807) is 18.2 Å². The summed E-state index contributed by atoms with van der Waals surface area (Å²) >= 11 is 0.